The summed E-state index contributed by atoms with van der Waals surface area (Å²) in [5.41, 5.74) is 4.14. The number of halogens is 1. The Hall–Kier alpha value is -5.12. The van der Waals surface area contributed by atoms with Gasteiger partial charge in [-0.2, -0.15) is 9.97 Å². The molecule has 0 saturated heterocycles. The van der Waals surface area contributed by atoms with Crippen LogP contribution in [0, 0.1) is 0 Å². The van der Waals surface area contributed by atoms with E-state index < -0.39 is 0 Å². The number of nitrogens with zero attached hydrogens (tertiary/aromatic N) is 3. The summed E-state index contributed by atoms with van der Waals surface area (Å²) in [4.78, 5) is 13.7. The van der Waals surface area contributed by atoms with E-state index in [0.717, 1.165) is 27.5 Å². The minimum atomic E-state index is 0.177. The molecule has 0 aliphatic rings. The Morgan fingerprint density at radius 3 is 1.49 bits per heavy atom. The van der Waals surface area contributed by atoms with Crippen molar-refractivity contribution in [1.82, 2.24) is 15.0 Å². The van der Waals surface area contributed by atoms with Crippen LogP contribution < -0.4 is 0 Å². The molecule has 0 saturated carbocycles. The Morgan fingerprint density at radius 1 is 0.341 bits per heavy atom. The van der Waals surface area contributed by atoms with Gasteiger partial charge in [0.1, 0.15) is 0 Å². The third-order valence-corrected chi connectivity index (χ3v) is 8.03. The molecule has 7 aromatic carbocycles. The van der Waals surface area contributed by atoms with Crippen molar-refractivity contribution in [2.24, 2.45) is 0 Å². The molecule has 41 heavy (non-hydrogen) atoms. The zero-order valence-corrected chi connectivity index (χ0v) is 22.7. The fraction of sp³-hybridized carbons (Fsp3) is 0. The Kier molecular flexibility index (Phi) is 5.51. The van der Waals surface area contributed by atoms with Crippen LogP contribution in [0.3, 0.4) is 0 Å². The zero-order chi connectivity index (χ0) is 27.3. The lowest BCUT2D eigenvalue weighted by Crippen LogP contribution is -1.98. The molecule has 8 aromatic rings. The highest BCUT2D eigenvalue weighted by molar-refractivity contribution is 6.28. The number of benzene rings is 7. The minimum absolute atomic E-state index is 0.177. The van der Waals surface area contributed by atoms with Crippen LogP contribution in [-0.2, 0) is 0 Å². The molecule has 0 radical (unpaired) electrons. The van der Waals surface area contributed by atoms with Gasteiger partial charge in [0.15, 0.2) is 11.6 Å². The lowest BCUT2D eigenvalue weighted by molar-refractivity contribution is 1.07. The average molecular weight is 544 g/mol. The predicted molar refractivity (Wildman–Crippen MR) is 171 cm³/mol. The average Bonchev–Trinajstić information content (AvgIpc) is 3.04. The summed E-state index contributed by atoms with van der Waals surface area (Å²) in [6.07, 6.45) is 0. The highest BCUT2D eigenvalue weighted by Crippen LogP contribution is 2.40. The second kappa shape index (κ2) is 9.51. The van der Waals surface area contributed by atoms with E-state index in [1.807, 2.05) is 30.3 Å². The second-order valence-corrected chi connectivity index (χ2v) is 10.5. The van der Waals surface area contributed by atoms with Crippen LogP contribution in [0.2, 0.25) is 5.28 Å². The molecule has 0 atom stereocenters. The first-order valence-electron chi connectivity index (χ1n) is 13.6. The van der Waals surface area contributed by atoms with Crippen LogP contribution in [0.15, 0.2) is 133 Å². The molecule has 0 bridgehead atoms. The summed E-state index contributed by atoms with van der Waals surface area (Å²) in [5.74, 6) is 1.12. The fourth-order valence-electron chi connectivity index (χ4n) is 6.01. The van der Waals surface area contributed by atoms with Crippen LogP contribution >= 0.6 is 11.6 Å². The number of fused-ring (bicyclic) bond motifs is 7. The van der Waals surface area contributed by atoms with E-state index in [1.54, 1.807) is 0 Å². The van der Waals surface area contributed by atoms with Crippen LogP contribution in [-0.4, -0.2) is 15.0 Å². The summed E-state index contributed by atoms with van der Waals surface area (Å²) >= 11 is 6.41. The van der Waals surface area contributed by atoms with Crippen molar-refractivity contribution in [3.05, 3.63) is 139 Å². The molecule has 4 heteroatoms. The van der Waals surface area contributed by atoms with E-state index in [9.17, 15) is 0 Å². The van der Waals surface area contributed by atoms with E-state index >= 15 is 0 Å². The molecule has 0 aliphatic heterocycles. The quantitative estimate of drug-likeness (QED) is 0.208. The summed E-state index contributed by atoms with van der Waals surface area (Å²) in [6, 6.07) is 46.7. The summed E-state index contributed by atoms with van der Waals surface area (Å²) in [5, 5.41) is 9.97. The predicted octanol–water partition coefficient (Wildman–Crippen LogP) is 10.1. The summed E-state index contributed by atoms with van der Waals surface area (Å²) in [6.45, 7) is 0. The van der Waals surface area contributed by atoms with Gasteiger partial charge >= 0.3 is 0 Å². The molecule has 0 amide bonds. The van der Waals surface area contributed by atoms with Crippen molar-refractivity contribution in [2.45, 2.75) is 0 Å². The molecule has 3 nitrogen and oxygen atoms in total. The van der Waals surface area contributed by atoms with E-state index in [4.69, 9.17) is 16.6 Å². The van der Waals surface area contributed by atoms with Gasteiger partial charge in [-0.3, -0.25) is 0 Å². The van der Waals surface area contributed by atoms with E-state index in [2.05, 4.69) is 113 Å². The first kappa shape index (κ1) is 23.7. The molecule has 0 spiro atoms. The first-order chi connectivity index (χ1) is 20.2. The largest absolute Gasteiger partial charge is 0.226 e. The summed E-state index contributed by atoms with van der Waals surface area (Å²) in [7, 11) is 0. The van der Waals surface area contributed by atoms with Gasteiger partial charge in [0.25, 0.3) is 0 Å². The third-order valence-electron chi connectivity index (χ3n) is 7.86. The molecule has 1 aromatic heterocycles. The van der Waals surface area contributed by atoms with Gasteiger partial charge in [0, 0.05) is 11.1 Å². The Labute approximate surface area is 241 Å². The van der Waals surface area contributed by atoms with Crippen molar-refractivity contribution in [1.29, 1.82) is 0 Å². The van der Waals surface area contributed by atoms with Crippen molar-refractivity contribution in [3.8, 4) is 33.9 Å². The zero-order valence-electron chi connectivity index (χ0n) is 21.9. The van der Waals surface area contributed by atoms with Crippen LogP contribution in [0.5, 0.6) is 0 Å². The van der Waals surface area contributed by atoms with Crippen molar-refractivity contribution < 1.29 is 0 Å². The highest BCUT2D eigenvalue weighted by atomic mass is 35.5. The fourth-order valence-corrected chi connectivity index (χ4v) is 6.17. The van der Waals surface area contributed by atoms with E-state index in [0.29, 0.717) is 11.6 Å². The van der Waals surface area contributed by atoms with Crippen molar-refractivity contribution in [2.75, 3.05) is 0 Å². The summed E-state index contributed by atoms with van der Waals surface area (Å²) < 4.78 is 0. The van der Waals surface area contributed by atoms with E-state index in [1.165, 1.54) is 37.9 Å². The van der Waals surface area contributed by atoms with Gasteiger partial charge in [-0.1, -0.05) is 121 Å². The minimum Gasteiger partial charge on any atom is -0.208 e. The van der Waals surface area contributed by atoms with Gasteiger partial charge in [0.2, 0.25) is 5.28 Å². The molecule has 0 unspecified atom stereocenters. The molecule has 0 fully saturated rings. The molecule has 1 heterocycles. The Morgan fingerprint density at radius 2 is 0.829 bits per heavy atom. The SMILES string of the molecule is Clc1nc(-c2ccccc2)nc(-c2ccc(-c3ccc4c5ccccc5c5ccccc5c4c3)c3ccccc23)n1. The third kappa shape index (κ3) is 3.94. The maximum Gasteiger partial charge on any atom is 0.226 e. The van der Waals surface area contributed by atoms with Crippen molar-refractivity contribution in [3.63, 3.8) is 0 Å². The first-order valence-corrected chi connectivity index (χ1v) is 14.0. The van der Waals surface area contributed by atoms with Gasteiger partial charge in [0.05, 0.1) is 0 Å². The maximum absolute atomic E-state index is 6.41. The van der Waals surface area contributed by atoms with E-state index in [-0.39, 0.29) is 5.28 Å². The van der Waals surface area contributed by atoms with Crippen LogP contribution in [0.1, 0.15) is 0 Å². The van der Waals surface area contributed by atoms with Crippen molar-refractivity contribution >= 4 is 54.7 Å². The second-order valence-electron chi connectivity index (χ2n) is 10.2. The molecule has 0 N–H and O–H groups in total. The lowest BCUT2D eigenvalue weighted by Gasteiger charge is -2.14. The molecule has 8 rings (SSSR count). The van der Waals surface area contributed by atoms with Gasteiger partial charge in [-0.25, -0.2) is 4.98 Å². The Bertz CT molecular complexity index is 2240. The smallest absolute Gasteiger partial charge is 0.208 e. The number of aromatic nitrogens is 3. The molecular formula is C37H22ClN3. The number of hydrogen-bond donors (Lipinski definition) is 0. The van der Waals surface area contributed by atoms with Crippen LogP contribution in [0.25, 0.3) is 77.0 Å². The standard InChI is InChI=1S/C37H22ClN3/c38-37-40-35(23-10-2-1-3-11-23)39-36(41-37)33-21-20-25(26-12-4-8-16-30(26)33)24-18-19-32-29-15-6-5-13-27(29)28-14-7-9-17-31(28)34(32)22-24/h1-22H. The number of rotatable bonds is 3. The topological polar surface area (TPSA) is 38.7 Å². The molecular weight excluding hydrogens is 522 g/mol. The Balaban J connectivity index is 1.34. The van der Waals surface area contributed by atoms with Gasteiger partial charge in [-0.05, 0) is 78.0 Å². The maximum atomic E-state index is 6.41. The monoisotopic (exact) mass is 543 g/mol. The van der Waals surface area contributed by atoms with Gasteiger partial charge in [-0.15, -0.1) is 0 Å². The molecule has 192 valence electrons. The molecule has 0 aliphatic carbocycles. The number of hydrogen-bond acceptors (Lipinski definition) is 3. The highest BCUT2D eigenvalue weighted by Gasteiger charge is 2.15. The van der Waals surface area contributed by atoms with Gasteiger partial charge < -0.3 is 0 Å². The lowest BCUT2D eigenvalue weighted by atomic mass is 9.90. The normalized spacial score (nSPS) is 11.5. The van der Waals surface area contributed by atoms with Crippen LogP contribution in [0.4, 0.5) is 0 Å².